The van der Waals surface area contributed by atoms with Gasteiger partial charge in [0.1, 0.15) is 20.4 Å². The molecule has 0 aliphatic carbocycles. The van der Waals surface area contributed by atoms with Crippen LogP contribution in [0.3, 0.4) is 0 Å². The highest BCUT2D eigenvalue weighted by atomic mass is 32.2. The van der Waals surface area contributed by atoms with E-state index in [1.807, 2.05) is 4.90 Å². The van der Waals surface area contributed by atoms with E-state index >= 15 is 0 Å². The molecule has 0 atom stereocenters. The molecule has 1 aliphatic heterocycles. The molecule has 1 aromatic heterocycles. The average Bonchev–Trinajstić information content (AvgIpc) is 3.02. The van der Waals surface area contributed by atoms with Crippen molar-refractivity contribution in [3.8, 4) is 0 Å². The third-order valence-electron chi connectivity index (χ3n) is 4.98. The lowest BCUT2D eigenvalue weighted by molar-refractivity contribution is 0.0634. The van der Waals surface area contributed by atoms with Gasteiger partial charge in [-0.25, -0.2) is 16.8 Å². The molecule has 0 radical (unpaired) electrons. The van der Waals surface area contributed by atoms with E-state index in [1.165, 1.54) is 22.8 Å². The Labute approximate surface area is 167 Å². The molecule has 0 N–H and O–H groups in total. The summed E-state index contributed by atoms with van der Waals surface area (Å²) >= 11 is 0. The largest absolute Gasteiger partial charge is 0.345 e. The lowest BCUT2D eigenvalue weighted by Crippen LogP contribution is -2.49. The number of carbonyl (C=O) groups excluding carboxylic acids is 1. The minimum absolute atomic E-state index is 0.103. The normalized spacial score (nSPS) is 16.7. The van der Waals surface area contributed by atoms with Crippen molar-refractivity contribution in [2.24, 2.45) is 7.05 Å². The van der Waals surface area contributed by atoms with Gasteiger partial charge in [0, 0.05) is 65.3 Å². The molecule has 1 aliphatic rings. The van der Waals surface area contributed by atoms with Gasteiger partial charge in [-0.15, -0.1) is 0 Å². The third kappa shape index (κ3) is 5.34. The summed E-state index contributed by atoms with van der Waals surface area (Å²) < 4.78 is 50.9. The molecule has 0 spiro atoms. The molecule has 9 nitrogen and oxygen atoms in total. The molecule has 0 unspecified atom stereocenters. The van der Waals surface area contributed by atoms with Gasteiger partial charge in [-0.1, -0.05) is 13.8 Å². The van der Waals surface area contributed by atoms with Crippen LogP contribution in [-0.4, -0.2) is 99.2 Å². The highest BCUT2D eigenvalue weighted by Crippen LogP contribution is 2.20. The minimum atomic E-state index is -3.62. The Kier molecular flexibility index (Phi) is 7.29. The van der Waals surface area contributed by atoms with Crippen LogP contribution in [0.5, 0.6) is 0 Å². The smallest absolute Gasteiger partial charge is 0.270 e. The fourth-order valence-corrected chi connectivity index (χ4v) is 5.35. The van der Waals surface area contributed by atoms with Gasteiger partial charge in [0.25, 0.3) is 5.91 Å². The second-order valence-electron chi connectivity index (χ2n) is 7.02. The van der Waals surface area contributed by atoms with Crippen molar-refractivity contribution < 1.29 is 21.6 Å². The van der Waals surface area contributed by atoms with Crippen molar-refractivity contribution in [2.75, 3.05) is 57.8 Å². The summed E-state index contributed by atoms with van der Waals surface area (Å²) in [5.41, 5.74) is 0.329. The molecule has 2 heterocycles. The van der Waals surface area contributed by atoms with Crippen molar-refractivity contribution in [1.29, 1.82) is 0 Å². The van der Waals surface area contributed by atoms with E-state index in [4.69, 9.17) is 0 Å². The van der Waals surface area contributed by atoms with Gasteiger partial charge < -0.3 is 9.47 Å². The molecule has 11 heteroatoms. The summed E-state index contributed by atoms with van der Waals surface area (Å²) in [6.07, 6.45) is 2.69. The number of hydrogen-bond donors (Lipinski definition) is 0. The van der Waals surface area contributed by atoms with E-state index in [0.717, 1.165) is 0 Å². The van der Waals surface area contributed by atoms with Crippen LogP contribution in [-0.2, 0) is 26.9 Å². The Morgan fingerprint density at radius 2 is 1.64 bits per heavy atom. The number of hydrogen-bond acceptors (Lipinski definition) is 6. The number of rotatable bonds is 8. The van der Waals surface area contributed by atoms with Crippen LogP contribution in [0, 0.1) is 0 Å². The molecule has 0 bridgehead atoms. The van der Waals surface area contributed by atoms with Crippen molar-refractivity contribution in [3.05, 3.63) is 18.0 Å². The Balaban J connectivity index is 2.07. The lowest BCUT2D eigenvalue weighted by Gasteiger charge is -2.34. The zero-order valence-electron chi connectivity index (χ0n) is 17.0. The first-order valence-corrected chi connectivity index (χ1v) is 12.9. The number of nitrogens with zero attached hydrogens (tertiary/aromatic N) is 4. The highest BCUT2D eigenvalue weighted by molar-refractivity contribution is 7.90. The number of sulfonamides is 1. The molecular formula is C17H30N4O5S2. The quantitative estimate of drug-likeness (QED) is 0.565. The van der Waals surface area contributed by atoms with E-state index in [9.17, 15) is 21.6 Å². The summed E-state index contributed by atoms with van der Waals surface area (Å²) in [4.78, 5) is 16.7. The van der Waals surface area contributed by atoms with Gasteiger partial charge in [0.15, 0.2) is 0 Å². The lowest BCUT2D eigenvalue weighted by atomic mass is 10.2. The number of aryl methyl sites for hydroxylation is 1. The first kappa shape index (κ1) is 22.9. The van der Waals surface area contributed by atoms with Crippen LogP contribution >= 0.6 is 0 Å². The van der Waals surface area contributed by atoms with E-state index in [1.54, 1.807) is 30.4 Å². The Bertz CT molecular complexity index is 896. The van der Waals surface area contributed by atoms with E-state index in [-0.39, 0.29) is 16.6 Å². The maximum atomic E-state index is 12.9. The van der Waals surface area contributed by atoms with Gasteiger partial charge in [-0.05, 0) is 6.07 Å². The van der Waals surface area contributed by atoms with Crippen LogP contribution in [0.15, 0.2) is 17.2 Å². The number of piperazine rings is 1. The summed E-state index contributed by atoms with van der Waals surface area (Å²) in [7, 11) is -4.97. The minimum Gasteiger partial charge on any atom is -0.345 e. The van der Waals surface area contributed by atoms with E-state index < -0.39 is 19.9 Å². The maximum Gasteiger partial charge on any atom is 0.270 e. The molecular weight excluding hydrogens is 404 g/mol. The first-order valence-electron chi connectivity index (χ1n) is 9.35. The second kappa shape index (κ2) is 8.93. The van der Waals surface area contributed by atoms with Gasteiger partial charge in [-0.2, -0.15) is 4.31 Å². The predicted molar refractivity (Wildman–Crippen MR) is 108 cm³/mol. The predicted octanol–water partition coefficient (Wildman–Crippen LogP) is -0.142. The summed E-state index contributed by atoms with van der Waals surface area (Å²) in [6, 6.07) is 1.44. The fraction of sp³-hybridized carbons (Fsp3) is 0.706. The molecule has 1 aromatic rings. The van der Waals surface area contributed by atoms with Crippen molar-refractivity contribution in [3.63, 3.8) is 0 Å². The van der Waals surface area contributed by atoms with Gasteiger partial charge in [0.2, 0.25) is 10.0 Å². The second-order valence-corrected chi connectivity index (χ2v) is 11.2. The Hall–Kier alpha value is -1.43. The maximum absolute atomic E-state index is 12.9. The summed E-state index contributed by atoms with van der Waals surface area (Å²) in [5, 5.41) is 0. The molecule has 1 fully saturated rings. The van der Waals surface area contributed by atoms with Crippen molar-refractivity contribution in [1.82, 2.24) is 18.7 Å². The third-order valence-corrected chi connectivity index (χ3v) is 7.92. The molecule has 160 valence electrons. The van der Waals surface area contributed by atoms with Crippen molar-refractivity contribution in [2.45, 2.75) is 18.7 Å². The van der Waals surface area contributed by atoms with Crippen LogP contribution < -0.4 is 0 Å². The fourth-order valence-electron chi connectivity index (χ4n) is 3.23. The van der Waals surface area contributed by atoms with E-state index in [2.05, 4.69) is 0 Å². The Morgan fingerprint density at radius 1 is 1.07 bits per heavy atom. The summed E-state index contributed by atoms with van der Waals surface area (Å²) in [6.45, 7) is 6.89. The molecule has 28 heavy (non-hydrogen) atoms. The van der Waals surface area contributed by atoms with Crippen LogP contribution in [0.4, 0.5) is 0 Å². The number of amides is 1. The molecule has 0 aromatic carbocycles. The average molecular weight is 435 g/mol. The van der Waals surface area contributed by atoms with E-state index in [0.29, 0.717) is 51.5 Å². The number of aromatic nitrogens is 1. The molecule has 1 amide bonds. The van der Waals surface area contributed by atoms with Crippen LogP contribution in [0.25, 0.3) is 0 Å². The first-order chi connectivity index (χ1) is 13.0. The van der Waals surface area contributed by atoms with Crippen molar-refractivity contribution >= 4 is 25.8 Å². The number of carbonyl (C=O) groups is 1. The topological polar surface area (TPSA) is 100 Å². The highest BCUT2D eigenvalue weighted by Gasteiger charge is 2.28. The number of sulfone groups is 1. The zero-order chi connectivity index (χ0) is 21.1. The monoisotopic (exact) mass is 434 g/mol. The van der Waals surface area contributed by atoms with Crippen LogP contribution in [0.2, 0.25) is 0 Å². The molecule has 0 saturated carbocycles. The standard InChI is InChI=1S/C17H30N4O5S2/c1-5-21(6-2)28(25,26)15-13-16(18(3)14-15)17(22)20-9-7-19(8-10-20)11-12-27(4,23)24/h13-14H,5-12H2,1-4H3. The summed E-state index contributed by atoms with van der Waals surface area (Å²) in [5.74, 6) is -0.114. The molecule has 1 saturated heterocycles. The van der Waals surface area contributed by atoms with Gasteiger partial charge >= 0.3 is 0 Å². The van der Waals surface area contributed by atoms with Crippen LogP contribution in [0.1, 0.15) is 24.3 Å². The Morgan fingerprint density at radius 3 is 2.14 bits per heavy atom. The molecule has 2 rings (SSSR count). The zero-order valence-corrected chi connectivity index (χ0v) is 18.6. The SMILES string of the molecule is CCN(CC)S(=O)(=O)c1cc(C(=O)N2CCN(CCS(C)(=O)=O)CC2)n(C)c1. The van der Waals surface area contributed by atoms with Gasteiger partial charge in [-0.3, -0.25) is 9.69 Å². The van der Waals surface area contributed by atoms with Gasteiger partial charge in [0.05, 0.1) is 5.75 Å².